The van der Waals surface area contributed by atoms with Gasteiger partial charge >= 0.3 is 0 Å². The molecule has 8 nitrogen and oxygen atoms in total. The van der Waals surface area contributed by atoms with Gasteiger partial charge in [-0.2, -0.15) is 0 Å². The maximum atomic E-state index is 12.7. The Morgan fingerprint density at radius 2 is 1.96 bits per heavy atom. The number of carbonyl (C=O) groups excluding carboxylic acids is 2. The van der Waals surface area contributed by atoms with Crippen LogP contribution in [0.25, 0.3) is 0 Å². The first-order chi connectivity index (χ1) is 13.6. The lowest BCUT2D eigenvalue weighted by Crippen LogP contribution is -2.45. The predicted molar refractivity (Wildman–Crippen MR) is 107 cm³/mol. The molecule has 1 aliphatic heterocycles. The summed E-state index contributed by atoms with van der Waals surface area (Å²) in [5.41, 5.74) is 0. The fourth-order valence-electron chi connectivity index (χ4n) is 3.20. The van der Waals surface area contributed by atoms with Crippen molar-refractivity contribution in [2.75, 3.05) is 51.3 Å². The SMILES string of the molecule is CCCCCCCC(=O)N(CCN1CCOCC1)CC(=O)Nc1cc(C)on1. The normalized spacial score (nSPS) is 14.8. The van der Waals surface area contributed by atoms with E-state index in [4.69, 9.17) is 9.26 Å². The number of nitrogens with one attached hydrogen (secondary N) is 1. The summed E-state index contributed by atoms with van der Waals surface area (Å²) in [5, 5.41) is 6.47. The average Bonchev–Trinajstić information content (AvgIpc) is 3.10. The molecule has 0 unspecified atom stereocenters. The Morgan fingerprint density at radius 1 is 1.21 bits per heavy atom. The Balaban J connectivity index is 1.84. The van der Waals surface area contributed by atoms with Gasteiger partial charge in [-0.3, -0.25) is 14.5 Å². The van der Waals surface area contributed by atoms with E-state index in [1.54, 1.807) is 17.9 Å². The smallest absolute Gasteiger partial charge is 0.245 e. The number of amides is 2. The molecule has 0 bridgehead atoms. The summed E-state index contributed by atoms with van der Waals surface area (Å²) in [4.78, 5) is 29.0. The van der Waals surface area contributed by atoms with Crippen LogP contribution in [-0.2, 0) is 14.3 Å². The minimum atomic E-state index is -0.255. The number of aromatic nitrogens is 1. The lowest BCUT2D eigenvalue weighted by Gasteiger charge is -2.30. The topological polar surface area (TPSA) is 87.9 Å². The van der Waals surface area contributed by atoms with Crippen LogP contribution in [0.5, 0.6) is 0 Å². The molecule has 28 heavy (non-hydrogen) atoms. The van der Waals surface area contributed by atoms with Crippen molar-refractivity contribution in [3.8, 4) is 0 Å². The van der Waals surface area contributed by atoms with E-state index in [-0.39, 0.29) is 18.4 Å². The predicted octanol–water partition coefficient (Wildman–Crippen LogP) is 2.44. The second-order valence-electron chi connectivity index (χ2n) is 7.30. The fourth-order valence-corrected chi connectivity index (χ4v) is 3.20. The van der Waals surface area contributed by atoms with E-state index in [0.29, 0.717) is 24.5 Å². The van der Waals surface area contributed by atoms with Crippen molar-refractivity contribution in [2.24, 2.45) is 0 Å². The molecule has 0 aliphatic carbocycles. The molecule has 0 saturated carbocycles. The highest BCUT2D eigenvalue weighted by atomic mass is 16.5. The molecule has 1 aromatic heterocycles. The third-order valence-corrected chi connectivity index (χ3v) is 4.87. The molecule has 1 fully saturated rings. The van der Waals surface area contributed by atoms with Crippen molar-refractivity contribution in [3.05, 3.63) is 11.8 Å². The van der Waals surface area contributed by atoms with Crippen molar-refractivity contribution in [2.45, 2.75) is 52.4 Å². The Morgan fingerprint density at radius 3 is 2.64 bits per heavy atom. The van der Waals surface area contributed by atoms with Gasteiger partial charge in [-0.1, -0.05) is 37.8 Å². The van der Waals surface area contributed by atoms with Gasteiger partial charge < -0.3 is 19.5 Å². The molecule has 1 aliphatic rings. The summed E-state index contributed by atoms with van der Waals surface area (Å²) in [7, 11) is 0. The van der Waals surface area contributed by atoms with Gasteiger partial charge in [0.2, 0.25) is 11.8 Å². The molecule has 0 aromatic carbocycles. The lowest BCUT2D eigenvalue weighted by molar-refractivity contribution is -0.135. The zero-order chi connectivity index (χ0) is 20.2. The quantitative estimate of drug-likeness (QED) is 0.548. The second kappa shape index (κ2) is 12.5. The van der Waals surface area contributed by atoms with Crippen LogP contribution in [0.3, 0.4) is 0 Å². The van der Waals surface area contributed by atoms with E-state index in [9.17, 15) is 9.59 Å². The standard InChI is InChI=1S/C20H34N4O4/c1-3-4-5-6-7-8-20(26)24(10-9-23-11-13-27-14-12-23)16-19(25)21-18-15-17(2)28-22-18/h15H,3-14,16H2,1-2H3,(H,21,22,25). The van der Waals surface area contributed by atoms with E-state index in [2.05, 4.69) is 22.3 Å². The van der Waals surface area contributed by atoms with Gasteiger partial charge in [0.1, 0.15) is 5.76 Å². The van der Waals surface area contributed by atoms with Gasteiger partial charge in [-0.25, -0.2) is 0 Å². The van der Waals surface area contributed by atoms with Crippen molar-refractivity contribution >= 4 is 17.6 Å². The molecule has 1 aromatic rings. The largest absolute Gasteiger partial charge is 0.379 e. The third kappa shape index (κ3) is 8.39. The monoisotopic (exact) mass is 394 g/mol. The van der Waals surface area contributed by atoms with Crippen LogP contribution >= 0.6 is 0 Å². The molecule has 2 amide bonds. The van der Waals surface area contributed by atoms with Crippen LogP contribution in [0.15, 0.2) is 10.6 Å². The van der Waals surface area contributed by atoms with Crippen LogP contribution in [0, 0.1) is 6.92 Å². The second-order valence-corrected chi connectivity index (χ2v) is 7.30. The molecular formula is C20H34N4O4. The van der Waals surface area contributed by atoms with Crippen LogP contribution < -0.4 is 5.32 Å². The van der Waals surface area contributed by atoms with Crippen LogP contribution in [0.2, 0.25) is 0 Å². The maximum Gasteiger partial charge on any atom is 0.245 e. The van der Waals surface area contributed by atoms with E-state index >= 15 is 0 Å². The summed E-state index contributed by atoms with van der Waals surface area (Å²) in [6.45, 7) is 8.43. The number of aryl methyl sites for hydroxylation is 1. The van der Waals surface area contributed by atoms with Crippen molar-refractivity contribution in [1.82, 2.24) is 15.0 Å². The minimum Gasteiger partial charge on any atom is -0.379 e. The zero-order valence-electron chi connectivity index (χ0n) is 17.2. The molecule has 158 valence electrons. The summed E-state index contributed by atoms with van der Waals surface area (Å²) < 4.78 is 10.3. The van der Waals surface area contributed by atoms with E-state index in [1.807, 2.05) is 0 Å². The van der Waals surface area contributed by atoms with Crippen LogP contribution in [0.1, 0.15) is 51.2 Å². The number of unbranched alkanes of at least 4 members (excludes halogenated alkanes) is 4. The van der Waals surface area contributed by atoms with Crippen LogP contribution in [-0.4, -0.2) is 72.7 Å². The first-order valence-corrected chi connectivity index (χ1v) is 10.4. The molecule has 8 heteroatoms. The average molecular weight is 395 g/mol. The zero-order valence-corrected chi connectivity index (χ0v) is 17.2. The van der Waals surface area contributed by atoms with Crippen molar-refractivity contribution < 1.29 is 18.8 Å². The van der Waals surface area contributed by atoms with Gasteiger partial charge in [-0.05, 0) is 13.3 Å². The minimum absolute atomic E-state index is 0.0318. The number of ether oxygens (including phenoxy) is 1. The Hall–Kier alpha value is -1.93. The summed E-state index contributed by atoms with van der Waals surface area (Å²) in [6.07, 6.45) is 5.96. The number of morpholine rings is 1. The molecule has 0 radical (unpaired) electrons. The molecule has 2 rings (SSSR count). The van der Waals surface area contributed by atoms with E-state index in [1.165, 1.54) is 12.8 Å². The number of carbonyl (C=O) groups is 2. The highest BCUT2D eigenvalue weighted by Gasteiger charge is 2.19. The van der Waals surface area contributed by atoms with E-state index in [0.717, 1.165) is 52.1 Å². The highest BCUT2D eigenvalue weighted by molar-refractivity contribution is 5.93. The van der Waals surface area contributed by atoms with Crippen LogP contribution in [0.4, 0.5) is 5.82 Å². The summed E-state index contributed by atoms with van der Waals surface area (Å²) in [5.74, 6) is 0.788. The number of hydrogen-bond acceptors (Lipinski definition) is 6. The van der Waals surface area contributed by atoms with Gasteiger partial charge in [0, 0.05) is 38.7 Å². The van der Waals surface area contributed by atoms with Crippen molar-refractivity contribution in [3.63, 3.8) is 0 Å². The Kier molecular flexibility index (Phi) is 9.99. The van der Waals surface area contributed by atoms with E-state index < -0.39 is 0 Å². The summed E-state index contributed by atoms with van der Waals surface area (Å²) in [6, 6.07) is 1.66. The first kappa shape index (κ1) is 22.4. The molecule has 0 atom stereocenters. The molecule has 1 N–H and O–H groups in total. The van der Waals surface area contributed by atoms with Gasteiger partial charge in [0.05, 0.1) is 19.8 Å². The first-order valence-electron chi connectivity index (χ1n) is 10.4. The number of anilines is 1. The number of nitrogens with zero attached hydrogens (tertiary/aromatic N) is 3. The number of hydrogen-bond donors (Lipinski definition) is 1. The van der Waals surface area contributed by atoms with Gasteiger partial charge in [-0.15, -0.1) is 0 Å². The Labute approximate surface area is 167 Å². The molecular weight excluding hydrogens is 360 g/mol. The fraction of sp³-hybridized carbons (Fsp3) is 0.750. The summed E-state index contributed by atoms with van der Waals surface area (Å²) >= 11 is 0. The van der Waals surface area contributed by atoms with Crippen molar-refractivity contribution in [1.29, 1.82) is 0 Å². The third-order valence-electron chi connectivity index (χ3n) is 4.87. The lowest BCUT2D eigenvalue weighted by atomic mass is 10.1. The highest BCUT2D eigenvalue weighted by Crippen LogP contribution is 2.10. The molecule has 2 heterocycles. The molecule has 1 saturated heterocycles. The van der Waals surface area contributed by atoms with Gasteiger partial charge in [0.25, 0.3) is 0 Å². The molecule has 0 spiro atoms. The maximum absolute atomic E-state index is 12.7. The Bertz CT molecular complexity index is 599. The number of rotatable bonds is 12. The van der Waals surface area contributed by atoms with Gasteiger partial charge in [0.15, 0.2) is 5.82 Å².